The molecule has 4 heterocycles. The number of thiophene rings is 1. The van der Waals surface area contributed by atoms with Crippen LogP contribution in [-0.4, -0.2) is 40.5 Å². The molecule has 232 valence electrons. The van der Waals surface area contributed by atoms with E-state index in [1.165, 1.54) is 11.3 Å². The molecule has 0 radical (unpaired) electrons. The molecular weight excluding hydrogens is 594 g/mol. The summed E-state index contributed by atoms with van der Waals surface area (Å²) in [6.45, 7) is 3.75. The average molecular weight is 628 g/mol. The molecule has 10 nitrogen and oxygen atoms in total. The minimum absolute atomic E-state index is 0.213. The topological polar surface area (TPSA) is 134 Å². The van der Waals surface area contributed by atoms with E-state index < -0.39 is 23.9 Å². The van der Waals surface area contributed by atoms with Crippen LogP contribution in [0.25, 0.3) is 33.9 Å². The second-order valence-electron chi connectivity index (χ2n) is 10.7. The highest BCUT2D eigenvalue weighted by molar-refractivity contribution is 7.17. The first-order chi connectivity index (χ1) is 22.0. The van der Waals surface area contributed by atoms with Crippen molar-refractivity contribution in [2.24, 2.45) is 0 Å². The van der Waals surface area contributed by atoms with Gasteiger partial charge in [0.1, 0.15) is 16.4 Å². The predicted octanol–water partition coefficient (Wildman–Crippen LogP) is 7.62. The number of anilines is 1. The molecule has 0 spiro atoms. The normalized spacial score (nSPS) is 13.8. The lowest BCUT2D eigenvalue weighted by molar-refractivity contribution is -0.124. The van der Waals surface area contributed by atoms with Crippen LogP contribution in [0.5, 0.6) is 0 Å². The minimum atomic E-state index is -1.08. The van der Waals surface area contributed by atoms with Gasteiger partial charge in [-0.25, -0.2) is 19.6 Å². The van der Waals surface area contributed by atoms with Gasteiger partial charge in [-0.1, -0.05) is 19.8 Å². The number of carbonyl (C=O) groups is 3. The van der Waals surface area contributed by atoms with Gasteiger partial charge in [0.2, 0.25) is 0 Å². The summed E-state index contributed by atoms with van der Waals surface area (Å²) in [5.41, 5.74) is 3.54. The minimum Gasteiger partial charge on any atom is -0.463 e. The van der Waals surface area contributed by atoms with Crippen molar-refractivity contribution < 1.29 is 32.7 Å². The highest BCUT2D eigenvalue weighted by Crippen LogP contribution is 2.38. The number of nitrogens with one attached hydrogen (secondary N) is 1. The van der Waals surface area contributed by atoms with Crippen LogP contribution < -0.4 is 5.32 Å². The van der Waals surface area contributed by atoms with Crippen molar-refractivity contribution in [3.63, 3.8) is 0 Å². The lowest BCUT2D eigenvalue weighted by atomic mass is 9.96. The van der Waals surface area contributed by atoms with Gasteiger partial charge in [-0.05, 0) is 87.1 Å². The van der Waals surface area contributed by atoms with Gasteiger partial charge < -0.3 is 23.6 Å². The number of nitrogens with zero attached hydrogens (tertiary/aromatic N) is 2. The van der Waals surface area contributed by atoms with Crippen LogP contribution in [0.1, 0.15) is 77.1 Å². The van der Waals surface area contributed by atoms with Crippen molar-refractivity contribution >= 4 is 45.2 Å². The van der Waals surface area contributed by atoms with E-state index in [-0.39, 0.29) is 18.6 Å². The van der Waals surface area contributed by atoms with Gasteiger partial charge in [0, 0.05) is 4.88 Å². The average Bonchev–Trinajstić information content (AvgIpc) is 3.81. The number of rotatable bonds is 9. The SMILES string of the molecule is CCOC(=O)c1c(NC(=O)C(CC)OC(=O)c2ccc3nc(-c4ccco4)c(-c4ccco4)nc3c2)sc2c1CCCCCC2. The Kier molecular flexibility index (Phi) is 9.06. The Morgan fingerprint density at radius 3 is 2.22 bits per heavy atom. The van der Waals surface area contributed by atoms with Crippen molar-refractivity contribution in [3.8, 4) is 22.9 Å². The van der Waals surface area contributed by atoms with Gasteiger partial charge in [-0.2, -0.15) is 0 Å². The molecule has 1 amide bonds. The van der Waals surface area contributed by atoms with Crippen LogP contribution in [0.3, 0.4) is 0 Å². The van der Waals surface area contributed by atoms with Gasteiger partial charge in [0.25, 0.3) is 5.91 Å². The van der Waals surface area contributed by atoms with Crippen molar-refractivity contribution in [1.82, 2.24) is 9.97 Å². The highest BCUT2D eigenvalue weighted by Gasteiger charge is 2.29. The predicted molar refractivity (Wildman–Crippen MR) is 169 cm³/mol. The Morgan fingerprint density at radius 2 is 1.58 bits per heavy atom. The number of esters is 2. The van der Waals surface area contributed by atoms with E-state index in [1.807, 2.05) is 0 Å². The Bertz CT molecular complexity index is 1830. The molecule has 1 unspecified atom stereocenters. The smallest absolute Gasteiger partial charge is 0.341 e. The number of furan rings is 2. The van der Waals surface area contributed by atoms with Gasteiger partial charge in [-0.15, -0.1) is 11.3 Å². The maximum absolute atomic E-state index is 13.5. The monoisotopic (exact) mass is 627 g/mol. The fourth-order valence-corrected chi connectivity index (χ4v) is 6.77. The number of amides is 1. The van der Waals surface area contributed by atoms with Gasteiger partial charge in [0.05, 0.1) is 41.3 Å². The van der Waals surface area contributed by atoms with E-state index in [4.69, 9.17) is 28.3 Å². The zero-order valence-electron chi connectivity index (χ0n) is 25.1. The molecule has 0 bridgehead atoms. The van der Waals surface area contributed by atoms with E-state index in [0.717, 1.165) is 49.0 Å². The molecule has 0 aliphatic heterocycles. The summed E-state index contributed by atoms with van der Waals surface area (Å²) in [6.07, 6.45) is 8.10. The van der Waals surface area contributed by atoms with Gasteiger partial charge in [-0.3, -0.25) is 4.79 Å². The van der Waals surface area contributed by atoms with Crippen molar-refractivity contribution in [1.29, 1.82) is 0 Å². The molecule has 6 rings (SSSR count). The van der Waals surface area contributed by atoms with E-state index in [0.29, 0.717) is 44.5 Å². The second-order valence-corrected chi connectivity index (χ2v) is 11.8. The molecule has 1 N–H and O–H groups in total. The fourth-order valence-electron chi connectivity index (χ4n) is 5.49. The molecule has 0 saturated heterocycles. The number of hydrogen-bond donors (Lipinski definition) is 1. The van der Waals surface area contributed by atoms with Crippen LogP contribution in [0.15, 0.2) is 63.8 Å². The first-order valence-electron chi connectivity index (χ1n) is 15.2. The number of carbonyl (C=O) groups excluding carboxylic acids is 3. The molecule has 45 heavy (non-hydrogen) atoms. The summed E-state index contributed by atoms with van der Waals surface area (Å²) in [5.74, 6) is -0.610. The molecule has 11 heteroatoms. The summed E-state index contributed by atoms with van der Waals surface area (Å²) < 4.78 is 22.2. The molecule has 0 saturated carbocycles. The summed E-state index contributed by atoms with van der Waals surface area (Å²) in [7, 11) is 0. The first-order valence-corrected chi connectivity index (χ1v) is 16.0. The third-order valence-corrected chi connectivity index (χ3v) is 8.92. The molecule has 5 aromatic rings. The number of aryl methyl sites for hydroxylation is 1. The molecule has 0 fully saturated rings. The molecule has 1 aromatic carbocycles. The Labute approximate surface area is 263 Å². The molecule has 1 atom stereocenters. The van der Waals surface area contributed by atoms with E-state index in [1.54, 1.807) is 68.8 Å². The number of fused-ring (bicyclic) bond motifs is 2. The van der Waals surface area contributed by atoms with Gasteiger partial charge in [0.15, 0.2) is 17.6 Å². The molecule has 1 aliphatic carbocycles. The maximum Gasteiger partial charge on any atom is 0.341 e. The van der Waals surface area contributed by atoms with Crippen LogP contribution in [0, 0.1) is 0 Å². The quantitative estimate of drug-likeness (QED) is 0.164. The summed E-state index contributed by atoms with van der Waals surface area (Å²) in [5, 5.41) is 3.33. The van der Waals surface area contributed by atoms with E-state index >= 15 is 0 Å². The molecular formula is C34H33N3O7S. The van der Waals surface area contributed by atoms with E-state index in [9.17, 15) is 14.4 Å². The number of hydrogen-bond acceptors (Lipinski definition) is 10. The van der Waals surface area contributed by atoms with Crippen LogP contribution in [0.4, 0.5) is 5.00 Å². The first kappa shape index (κ1) is 30.3. The van der Waals surface area contributed by atoms with Crippen molar-refractivity contribution in [2.75, 3.05) is 11.9 Å². The van der Waals surface area contributed by atoms with Crippen LogP contribution >= 0.6 is 11.3 Å². The maximum atomic E-state index is 13.5. The molecule has 4 aromatic heterocycles. The number of benzene rings is 1. The summed E-state index contributed by atoms with van der Waals surface area (Å²) >= 11 is 1.41. The standard InChI is InChI=1S/C34H33N3O7S/c1-3-24(31(38)37-32-28(34(40)41-4-2)21-11-7-5-6-8-14-27(21)45-32)44-33(39)20-15-16-22-23(19-20)36-30(26-13-10-18-43-26)29(35-22)25-12-9-17-42-25/h9-10,12-13,15-19,24H,3-8,11,14H2,1-2H3,(H,37,38). The number of aromatic nitrogens is 2. The fraction of sp³-hybridized carbons (Fsp3) is 0.324. The summed E-state index contributed by atoms with van der Waals surface area (Å²) in [4.78, 5) is 50.4. The largest absolute Gasteiger partial charge is 0.463 e. The Hall–Kier alpha value is -4.77. The van der Waals surface area contributed by atoms with E-state index in [2.05, 4.69) is 5.32 Å². The zero-order chi connectivity index (χ0) is 31.3. The number of ether oxygens (including phenoxy) is 2. The van der Waals surface area contributed by atoms with Crippen LogP contribution in [-0.2, 0) is 27.1 Å². The lowest BCUT2D eigenvalue weighted by Gasteiger charge is -2.16. The van der Waals surface area contributed by atoms with Crippen molar-refractivity contribution in [3.05, 3.63) is 76.6 Å². The molecule has 1 aliphatic rings. The van der Waals surface area contributed by atoms with Crippen LogP contribution in [0.2, 0.25) is 0 Å². The highest BCUT2D eigenvalue weighted by atomic mass is 32.1. The summed E-state index contributed by atoms with van der Waals surface area (Å²) in [6, 6.07) is 11.9. The second kappa shape index (κ2) is 13.5. The Morgan fingerprint density at radius 1 is 0.889 bits per heavy atom. The lowest BCUT2D eigenvalue weighted by Crippen LogP contribution is -2.32. The third-order valence-electron chi connectivity index (χ3n) is 7.71. The zero-order valence-corrected chi connectivity index (χ0v) is 25.9. The van der Waals surface area contributed by atoms with Crippen molar-refractivity contribution in [2.45, 2.75) is 64.9 Å². The third kappa shape index (κ3) is 6.39. The Balaban J connectivity index is 1.24. The van der Waals surface area contributed by atoms with Gasteiger partial charge >= 0.3 is 11.9 Å².